The van der Waals surface area contributed by atoms with Crippen LogP contribution in [-0.2, 0) is 22.6 Å². The summed E-state index contributed by atoms with van der Waals surface area (Å²) in [5.74, 6) is 0.301. The van der Waals surface area contributed by atoms with Crippen LogP contribution in [0.25, 0.3) is 0 Å². The van der Waals surface area contributed by atoms with Crippen LogP contribution in [0, 0.1) is 12.8 Å². The number of methoxy groups -OCH3 is 1. The first-order valence-electron chi connectivity index (χ1n) is 11.6. The van der Waals surface area contributed by atoms with Gasteiger partial charge in [0.25, 0.3) is 0 Å². The van der Waals surface area contributed by atoms with Gasteiger partial charge in [0.15, 0.2) is 0 Å². The summed E-state index contributed by atoms with van der Waals surface area (Å²) in [6, 6.07) is 15.4. The van der Waals surface area contributed by atoms with E-state index in [1.807, 2.05) is 0 Å². The van der Waals surface area contributed by atoms with Crippen LogP contribution < -0.4 is 21.4 Å². The largest absolute Gasteiger partial charge is 0.469 e. The smallest absolute Gasteiger partial charge is 0.354 e. The van der Waals surface area contributed by atoms with Crippen molar-refractivity contribution in [3.8, 4) is 11.6 Å². The Balaban J connectivity index is 1.65. The molecule has 0 unspecified atom stereocenters. The van der Waals surface area contributed by atoms with Crippen LogP contribution in [0.3, 0.4) is 0 Å². The Kier molecular flexibility index (Phi) is 8.17. The Labute approximate surface area is 222 Å². The standard InChI is InChI=1S/C26H25ClN6O5/c1-16(23(34)37-3)14-33-25(35)31-24(32(26(33)36)15-18-4-6-19(27)7-5-18)30-20-8-10-21(11-9-20)38-22-12-13-28-17(2)29-22/h4-13,16H,14-15H2,1-3H3,(H,30,31,35)/t16-/m0/s1. The lowest BCUT2D eigenvalue weighted by Gasteiger charge is -2.17. The van der Waals surface area contributed by atoms with Gasteiger partial charge in [0.05, 0.1) is 19.6 Å². The third-order valence-corrected chi connectivity index (χ3v) is 5.80. The number of aryl methyl sites for hydroxylation is 1. The Bertz CT molecular complexity index is 1550. The number of carbonyl (C=O) groups excluding carboxylic acids is 1. The third kappa shape index (κ3) is 6.43. The second kappa shape index (κ2) is 11.7. The second-order valence-corrected chi connectivity index (χ2v) is 8.88. The summed E-state index contributed by atoms with van der Waals surface area (Å²) in [6.07, 6.45) is 1.60. The van der Waals surface area contributed by atoms with Crippen molar-refractivity contribution < 1.29 is 14.3 Å². The molecule has 2 heterocycles. The van der Waals surface area contributed by atoms with Gasteiger partial charge in [-0.05, 0) is 48.9 Å². The molecule has 12 heteroatoms. The van der Waals surface area contributed by atoms with E-state index in [9.17, 15) is 14.4 Å². The lowest BCUT2D eigenvalue weighted by molar-refractivity contribution is -0.145. The fourth-order valence-corrected chi connectivity index (χ4v) is 3.72. The highest BCUT2D eigenvalue weighted by atomic mass is 35.5. The van der Waals surface area contributed by atoms with Crippen LogP contribution in [0.1, 0.15) is 18.3 Å². The second-order valence-electron chi connectivity index (χ2n) is 8.44. The van der Waals surface area contributed by atoms with E-state index in [4.69, 9.17) is 21.1 Å². The molecule has 1 N–H and O–H groups in total. The molecule has 0 radical (unpaired) electrons. The molecule has 2 aromatic heterocycles. The first kappa shape index (κ1) is 26.6. The van der Waals surface area contributed by atoms with Crippen molar-refractivity contribution >= 4 is 29.2 Å². The number of hydrogen-bond acceptors (Lipinski definition) is 9. The Morgan fingerprint density at radius 2 is 1.74 bits per heavy atom. The molecule has 0 fully saturated rings. The fraction of sp³-hybridized carbons (Fsp3) is 0.231. The van der Waals surface area contributed by atoms with Gasteiger partial charge >= 0.3 is 17.3 Å². The molecule has 0 aliphatic heterocycles. The van der Waals surface area contributed by atoms with Crippen LogP contribution >= 0.6 is 11.6 Å². The van der Waals surface area contributed by atoms with Crippen LogP contribution in [0.4, 0.5) is 11.6 Å². The zero-order valence-electron chi connectivity index (χ0n) is 20.9. The van der Waals surface area contributed by atoms with Crippen molar-refractivity contribution in [1.82, 2.24) is 24.1 Å². The van der Waals surface area contributed by atoms with Crippen LogP contribution in [0.2, 0.25) is 5.02 Å². The molecule has 1 atom stereocenters. The van der Waals surface area contributed by atoms with Gasteiger partial charge < -0.3 is 14.8 Å². The number of ether oxygens (including phenoxy) is 2. The first-order chi connectivity index (χ1) is 18.2. The zero-order chi connectivity index (χ0) is 27.2. The minimum Gasteiger partial charge on any atom is -0.469 e. The molecular weight excluding hydrogens is 512 g/mol. The maximum absolute atomic E-state index is 13.4. The molecule has 11 nitrogen and oxygen atoms in total. The van der Waals surface area contributed by atoms with Crippen molar-refractivity contribution in [3.05, 3.63) is 98.2 Å². The first-order valence-corrected chi connectivity index (χ1v) is 12.0. The van der Waals surface area contributed by atoms with Crippen LogP contribution in [0.5, 0.6) is 11.6 Å². The molecule has 0 spiro atoms. The molecular formula is C26H25ClN6O5. The highest BCUT2D eigenvalue weighted by Gasteiger charge is 2.20. The minimum absolute atomic E-state index is 0.0389. The molecule has 2 aromatic carbocycles. The van der Waals surface area contributed by atoms with Crippen molar-refractivity contribution in [2.75, 3.05) is 12.4 Å². The number of nitrogens with zero attached hydrogens (tertiary/aromatic N) is 5. The average molecular weight is 537 g/mol. The molecule has 0 saturated heterocycles. The molecule has 4 rings (SSSR count). The SMILES string of the molecule is COC(=O)[C@@H](C)Cn1c(=O)nc(Nc2ccc(Oc3ccnc(C)n3)cc2)n(Cc2ccc(Cl)cc2)c1=O. The maximum Gasteiger partial charge on any atom is 0.354 e. The van der Waals surface area contributed by atoms with Gasteiger partial charge in [0.1, 0.15) is 11.6 Å². The van der Waals surface area contributed by atoms with Crippen molar-refractivity contribution in [2.45, 2.75) is 26.9 Å². The van der Waals surface area contributed by atoms with Gasteiger partial charge in [-0.3, -0.25) is 9.36 Å². The van der Waals surface area contributed by atoms with Gasteiger partial charge in [-0.2, -0.15) is 9.97 Å². The Morgan fingerprint density at radius 1 is 1.03 bits per heavy atom. The Hall–Kier alpha value is -4.51. The number of hydrogen-bond donors (Lipinski definition) is 1. The number of nitrogens with one attached hydrogen (secondary N) is 1. The molecule has 0 saturated carbocycles. The van der Waals surface area contributed by atoms with Gasteiger partial charge in [-0.25, -0.2) is 19.1 Å². The van der Waals surface area contributed by atoms with E-state index in [0.717, 1.165) is 10.1 Å². The third-order valence-electron chi connectivity index (χ3n) is 5.55. The minimum atomic E-state index is -0.792. The molecule has 0 amide bonds. The summed E-state index contributed by atoms with van der Waals surface area (Å²) in [5, 5.41) is 3.59. The molecule has 196 valence electrons. The predicted molar refractivity (Wildman–Crippen MR) is 141 cm³/mol. The summed E-state index contributed by atoms with van der Waals surface area (Å²) in [4.78, 5) is 50.5. The van der Waals surface area contributed by atoms with E-state index in [1.54, 1.807) is 74.6 Å². The highest BCUT2D eigenvalue weighted by molar-refractivity contribution is 6.30. The summed E-state index contributed by atoms with van der Waals surface area (Å²) < 4.78 is 12.7. The van der Waals surface area contributed by atoms with Crippen LogP contribution in [-0.4, -0.2) is 37.2 Å². The lowest BCUT2D eigenvalue weighted by atomic mass is 10.2. The predicted octanol–water partition coefficient (Wildman–Crippen LogP) is 3.55. The number of halogens is 1. The number of aromatic nitrogens is 5. The number of esters is 1. The van der Waals surface area contributed by atoms with Gasteiger partial charge in [-0.1, -0.05) is 30.7 Å². The van der Waals surface area contributed by atoms with E-state index < -0.39 is 23.3 Å². The highest BCUT2D eigenvalue weighted by Crippen LogP contribution is 2.23. The molecule has 4 aromatic rings. The summed E-state index contributed by atoms with van der Waals surface area (Å²) in [6.45, 7) is 3.26. The lowest BCUT2D eigenvalue weighted by Crippen LogP contribution is -2.44. The monoisotopic (exact) mass is 536 g/mol. The summed E-state index contributed by atoms with van der Waals surface area (Å²) in [7, 11) is 1.25. The van der Waals surface area contributed by atoms with Gasteiger partial charge in [-0.15, -0.1) is 0 Å². The van der Waals surface area contributed by atoms with E-state index in [0.29, 0.717) is 28.2 Å². The van der Waals surface area contributed by atoms with E-state index in [-0.39, 0.29) is 19.0 Å². The molecule has 0 aliphatic carbocycles. The number of carbonyl (C=O) groups is 1. The van der Waals surface area contributed by atoms with E-state index >= 15 is 0 Å². The van der Waals surface area contributed by atoms with E-state index in [1.165, 1.54) is 11.7 Å². The number of rotatable bonds is 9. The van der Waals surface area contributed by atoms with E-state index in [2.05, 4.69) is 20.3 Å². The van der Waals surface area contributed by atoms with Crippen molar-refractivity contribution in [1.29, 1.82) is 0 Å². The topological polar surface area (TPSA) is 130 Å². The van der Waals surface area contributed by atoms with Crippen molar-refractivity contribution in [3.63, 3.8) is 0 Å². The maximum atomic E-state index is 13.4. The summed E-state index contributed by atoms with van der Waals surface area (Å²) >= 11 is 6.00. The van der Waals surface area contributed by atoms with Crippen LogP contribution in [0.15, 0.2) is 70.4 Å². The van der Waals surface area contributed by atoms with Gasteiger partial charge in [0, 0.05) is 29.5 Å². The molecule has 0 aliphatic rings. The number of anilines is 2. The fourth-order valence-electron chi connectivity index (χ4n) is 3.59. The van der Waals surface area contributed by atoms with Crippen molar-refractivity contribution in [2.24, 2.45) is 5.92 Å². The zero-order valence-corrected chi connectivity index (χ0v) is 21.7. The molecule has 0 bridgehead atoms. The molecule has 38 heavy (non-hydrogen) atoms. The Morgan fingerprint density at radius 3 is 2.39 bits per heavy atom. The summed E-state index contributed by atoms with van der Waals surface area (Å²) in [5.41, 5.74) is -0.0958. The normalized spacial score (nSPS) is 11.6. The average Bonchev–Trinajstić information content (AvgIpc) is 2.90. The number of benzene rings is 2. The quantitative estimate of drug-likeness (QED) is 0.319. The van der Waals surface area contributed by atoms with Gasteiger partial charge in [0.2, 0.25) is 11.8 Å².